The fraction of sp³-hybridized carbons (Fsp3) is 0.167. The summed E-state index contributed by atoms with van der Waals surface area (Å²) in [5.74, 6) is 0.996. The monoisotopic (exact) mass is 197 g/mol. The summed E-state index contributed by atoms with van der Waals surface area (Å²) in [5.41, 5.74) is 6.21. The summed E-state index contributed by atoms with van der Waals surface area (Å²) in [7, 11) is 0. The third kappa shape index (κ3) is 2.00. The maximum atomic E-state index is 5.35. The molecule has 6 nitrogen and oxygen atoms in total. The topological polar surface area (TPSA) is 93.6 Å². The maximum absolute atomic E-state index is 5.35. The summed E-state index contributed by atoms with van der Waals surface area (Å²) in [6.07, 6.45) is 1.53. The normalized spacial score (nSPS) is 10.5. The molecule has 0 unspecified atom stereocenters. The Hall–Kier alpha value is -1.50. The van der Waals surface area contributed by atoms with E-state index in [9.17, 15) is 0 Å². The summed E-state index contributed by atoms with van der Waals surface area (Å²) in [6, 6.07) is 1.79. The van der Waals surface area contributed by atoms with Crippen LogP contribution in [0.3, 0.4) is 0 Å². The Labute approximate surface area is 77.9 Å². The largest absolute Gasteiger partial charge is 0.368 e. The molecule has 0 spiro atoms. The van der Waals surface area contributed by atoms with Crippen molar-refractivity contribution in [2.75, 3.05) is 5.73 Å². The van der Waals surface area contributed by atoms with Crippen molar-refractivity contribution in [3.63, 3.8) is 0 Å². The van der Waals surface area contributed by atoms with Gasteiger partial charge in [0.1, 0.15) is 6.26 Å². The predicted molar refractivity (Wildman–Crippen MR) is 46.9 cm³/mol. The highest BCUT2D eigenvalue weighted by molar-refractivity contribution is 7.98. The Balaban J connectivity index is 1.93. The minimum atomic E-state index is 0.322. The fourth-order valence-electron chi connectivity index (χ4n) is 0.773. The summed E-state index contributed by atoms with van der Waals surface area (Å²) in [4.78, 5) is 3.93. The molecule has 0 fully saturated rings. The first-order valence-corrected chi connectivity index (χ1v) is 4.53. The number of hydrogen-bond donors (Lipinski definition) is 2. The number of nitrogens with two attached hydrogens (primary N) is 1. The second kappa shape index (κ2) is 3.48. The number of nitrogens with one attached hydrogen (secondary N) is 1. The molecule has 68 valence electrons. The third-order valence-corrected chi connectivity index (χ3v) is 2.20. The molecule has 0 bridgehead atoms. The van der Waals surface area contributed by atoms with Gasteiger partial charge in [0.25, 0.3) is 0 Å². The highest BCUT2D eigenvalue weighted by Crippen LogP contribution is 2.17. The molecule has 0 aliphatic carbocycles. The lowest BCUT2D eigenvalue weighted by Gasteiger charge is -1.89. The number of rotatable bonds is 3. The van der Waals surface area contributed by atoms with Gasteiger partial charge in [-0.3, -0.25) is 0 Å². The van der Waals surface area contributed by atoms with Gasteiger partial charge in [0.05, 0.1) is 5.69 Å². The Bertz CT molecular complexity index is 370. The second-order valence-electron chi connectivity index (χ2n) is 2.28. The maximum Gasteiger partial charge on any atom is 0.216 e. The number of hydrogen-bond acceptors (Lipinski definition) is 6. The van der Waals surface area contributed by atoms with Gasteiger partial charge >= 0.3 is 0 Å². The molecule has 2 aromatic rings. The molecule has 2 rings (SSSR count). The van der Waals surface area contributed by atoms with Crippen molar-refractivity contribution in [1.82, 2.24) is 20.3 Å². The second-order valence-corrected chi connectivity index (χ2v) is 3.23. The van der Waals surface area contributed by atoms with Crippen molar-refractivity contribution in [3.8, 4) is 0 Å². The third-order valence-electron chi connectivity index (χ3n) is 1.32. The molecule has 2 heterocycles. The van der Waals surface area contributed by atoms with Gasteiger partial charge in [-0.2, -0.15) is 4.98 Å². The lowest BCUT2D eigenvalue weighted by atomic mass is 10.5. The lowest BCUT2D eigenvalue weighted by molar-refractivity contribution is 0.414. The fourth-order valence-corrected chi connectivity index (χ4v) is 1.47. The van der Waals surface area contributed by atoms with E-state index in [1.54, 1.807) is 6.07 Å². The van der Waals surface area contributed by atoms with Crippen LogP contribution in [-0.4, -0.2) is 20.3 Å². The molecule has 7 heteroatoms. The van der Waals surface area contributed by atoms with Crippen molar-refractivity contribution >= 4 is 17.7 Å². The molecule has 0 saturated carbocycles. The summed E-state index contributed by atoms with van der Waals surface area (Å²) in [5, 5.41) is 10.8. The number of aromatic nitrogens is 4. The molecule has 0 atom stereocenters. The average Bonchev–Trinajstić information content (AvgIpc) is 2.71. The zero-order valence-electron chi connectivity index (χ0n) is 6.60. The summed E-state index contributed by atoms with van der Waals surface area (Å²) in [6.45, 7) is 0. The first kappa shape index (κ1) is 8.11. The average molecular weight is 197 g/mol. The van der Waals surface area contributed by atoms with E-state index in [4.69, 9.17) is 5.73 Å². The SMILES string of the molecule is Nc1nc(SCc2ccon2)n[nH]1. The van der Waals surface area contributed by atoms with Crippen molar-refractivity contribution in [2.24, 2.45) is 0 Å². The Kier molecular flexibility index (Phi) is 2.17. The summed E-state index contributed by atoms with van der Waals surface area (Å²) < 4.78 is 4.67. The zero-order valence-corrected chi connectivity index (χ0v) is 7.41. The van der Waals surface area contributed by atoms with E-state index in [-0.39, 0.29) is 0 Å². The molecule has 0 aliphatic heterocycles. The number of thioether (sulfide) groups is 1. The predicted octanol–water partition coefficient (Wildman–Crippen LogP) is 0.667. The number of anilines is 1. The van der Waals surface area contributed by atoms with Crippen molar-refractivity contribution in [2.45, 2.75) is 10.9 Å². The molecule has 0 aromatic carbocycles. The van der Waals surface area contributed by atoms with Crippen LogP contribution in [0.15, 0.2) is 22.0 Å². The number of nitrogens with zero attached hydrogens (tertiary/aromatic N) is 3. The molecular weight excluding hydrogens is 190 g/mol. The summed E-state index contributed by atoms with van der Waals surface area (Å²) >= 11 is 1.44. The smallest absolute Gasteiger partial charge is 0.216 e. The Morgan fingerprint density at radius 3 is 3.15 bits per heavy atom. The van der Waals surface area contributed by atoms with Crippen molar-refractivity contribution in [1.29, 1.82) is 0 Å². The van der Waals surface area contributed by atoms with E-state index in [2.05, 4.69) is 24.9 Å². The van der Waals surface area contributed by atoms with Crippen molar-refractivity contribution < 1.29 is 4.52 Å². The first-order chi connectivity index (χ1) is 6.34. The molecular formula is C6H7N5OS. The molecule has 0 amide bonds. The number of nitrogen functional groups attached to an aromatic ring is 1. The Morgan fingerprint density at radius 1 is 1.62 bits per heavy atom. The quantitative estimate of drug-likeness (QED) is 0.702. The first-order valence-electron chi connectivity index (χ1n) is 3.54. The van der Waals surface area contributed by atoms with Crippen LogP contribution in [0.1, 0.15) is 5.69 Å². The molecule has 3 N–H and O–H groups in total. The van der Waals surface area contributed by atoms with E-state index in [1.165, 1.54) is 18.0 Å². The number of aromatic amines is 1. The van der Waals surface area contributed by atoms with Crippen LogP contribution in [0.2, 0.25) is 0 Å². The molecule has 0 radical (unpaired) electrons. The van der Waals surface area contributed by atoms with Crippen LogP contribution in [0.5, 0.6) is 0 Å². The van der Waals surface area contributed by atoms with Crippen LogP contribution in [0, 0.1) is 0 Å². The van der Waals surface area contributed by atoms with Gasteiger partial charge in [-0.25, -0.2) is 5.10 Å². The van der Waals surface area contributed by atoms with Gasteiger partial charge in [0.2, 0.25) is 11.1 Å². The molecule has 0 aliphatic rings. The van der Waals surface area contributed by atoms with E-state index in [1.807, 2.05) is 0 Å². The van der Waals surface area contributed by atoms with E-state index in [0.29, 0.717) is 16.9 Å². The van der Waals surface area contributed by atoms with Crippen LogP contribution in [-0.2, 0) is 5.75 Å². The minimum Gasteiger partial charge on any atom is -0.368 e. The highest BCUT2D eigenvalue weighted by Gasteiger charge is 2.02. The molecule has 13 heavy (non-hydrogen) atoms. The van der Waals surface area contributed by atoms with Gasteiger partial charge < -0.3 is 10.3 Å². The molecule has 2 aromatic heterocycles. The van der Waals surface area contributed by atoms with Gasteiger partial charge in [-0.15, -0.1) is 5.10 Å². The minimum absolute atomic E-state index is 0.322. The van der Waals surface area contributed by atoms with E-state index < -0.39 is 0 Å². The van der Waals surface area contributed by atoms with E-state index >= 15 is 0 Å². The van der Waals surface area contributed by atoms with Gasteiger partial charge in [-0.05, 0) is 0 Å². The highest BCUT2D eigenvalue weighted by atomic mass is 32.2. The number of H-pyrrole nitrogens is 1. The van der Waals surface area contributed by atoms with E-state index in [0.717, 1.165) is 5.69 Å². The van der Waals surface area contributed by atoms with Crippen LogP contribution >= 0.6 is 11.8 Å². The van der Waals surface area contributed by atoms with Gasteiger partial charge in [0, 0.05) is 11.8 Å². The Morgan fingerprint density at radius 2 is 2.54 bits per heavy atom. The lowest BCUT2D eigenvalue weighted by Crippen LogP contribution is -1.85. The van der Waals surface area contributed by atoms with Gasteiger partial charge in [-0.1, -0.05) is 16.9 Å². The standard InChI is InChI=1S/C6H7N5OS/c7-5-8-6(10-9-5)13-3-4-1-2-12-11-4/h1-2H,3H2,(H3,7,8,9,10). The van der Waals surface area contributed by atoms with Crippen LogP contribution in [0.4, 0.5) is 5.95 Å². The van der Waals surface area contributed by atoms with Crippen molar-refractivity contribution in [3.05, 3.63) is 18.0 Å². The van der Waals surface area contributed by atoms with Crippen LogP contribution < -0.4 is 5.73 Å². The van der Waals surface area contributed by atoms with Crippen LogP contribution in [0.25, 0.3) is 0 Å². The molecule has 0 saturated heterocycles. The van der Waals surface area contributed by atoms with Gasteiger partial charge in [0.15, 0.2) is 0 Å². The zero-order chi connectivity index (χ0) is 9.10.